The molecule has 1 aromatic carbocycles. The Morgan fingerprint density at radius 1 is 1.22 bits per heavy atom. The molecule has 1 amide bonds. The van der Waals surface area contributed by atoms with Gasteiger partial charge in [-0.3, -0.25) is 9.20 Å². The molecule has 6 nitrogen and oxygen atoms in total. The third-order valence-corrected chi connectivity index (χ3v) is 5.04. The van der Waals surface area contributed by atoms with Gasteiger partial charge < -0.3 is 10.1 Å². The molecule has 140 valence electrons. The predicted molar refractivity (Wildman–Crippen MR) is 103 cm³/mol. The number of hydrogen-bond donors (Lipinski definition) is 1. The molecule has 0 saturated heterocycles. The lowest BCUT2D eigenvalue weighted by molar-refractivity contribution is -0.128. The summed E-state index contributed by atoms with van der Waals surface area (Å²) < 4.78 is 7.90. The molecule has 0 radical (unpaired) electrons. The number of nitrogens with one attached hydrogen (secondary N) is 1. The number of rotatable bonds is 7. The summed E-state index contributed by atoms with van der Waals surface area (Å²) in [6.07, 6.45) is 6.13. The first-order valence-electron chi connectivity index (χ1n) is 9.59. The zero-order valence-corrected chi connectivity index (χ0v) is 15.5. The fraction of sp³-hybridized carbons (Fsp3) is 0.381. The van der Waals surface area contributed by atoms with Crippen LogP contribution in [-0.4, -0.2) is 33.2 Å². The number of benzene rings is 1. The molecule has 6 heteroatoms. The molecule has 0 spiro atoms. The second-order valence-electron chi connectivity index (χ2n) is 6.88. The van der Waals surface area contributed by atoms with Crippen molar-refractivity contribution in [2.24, 2.45) is 0 Å². The Balaban J connectivity index is 1.33. The third kappa shape index (κ3) is 3.79. The lowest BCUT2D eigenvalue weighted by Gasteiger charge is -2.18. The first kappa shape index (κ1) is 17.5. The summed E-state index contributed by atoms with van der Waals surface area (Å²) in [5.41, 5.74) is 3.56. The van der Waals surface area contributed by atoms with E-state index in [1.54, 1.807) is 0 Å². The van der Waals surface area contributed by atoms with Crippen molar-refractivity contribution in [2.75, 3.05) is 6.54 Å². The Hall–Kier alpha value is -2.89. The number of carbonyl (C=O) groups is 1. The number of aromatic nitrogens is 3. The van der Waals surface area contributed by atoms with E-state index in [0.29, 0.717) is 19.4 Å². The van der Waals surface area contributed by atoms with Gasteiger partial charge in [0.1, 0.15) is 11.6 Å². The van der Waals surface area contributed by atoms with Gasteiger partial charge in [0.15, 0.2) is 11.8 Å². The molecule has 1 atom stereocenters. The molecule has 3 aromatic rings. The average molecular weight is 364 g/mol. The minimum absolute atomic E-state index is 0.0909. The molecular weight excluding hydrogens is 340 g/mol. The van der Waals surface area contributed by atoms with Crippen molar-refractivity contribution in [2.45, 2.75) is 45.1 Å². The molecular formula is C21H24N4O2. The van der Waals surface area contributed by atoms with Crippen molar-refractivity contribution in [3.05, 3.63) is 59.5 Å². The van der Waals surface area contributed by atoms with Crippen molar-refractivity contribution in [3.8, 4) is 5.75 Å². The SMILES string of the molecule is CCC(Oc1ccc2c(c1)CCC2)C(=O)NCCc1nnc2ccccn12. The molecule has 1 aliphatic rings. The molecule has 0 fully saturated rings. The highest BCUT2D eigenvalue weighted by Gasteiger charge is 2.19. The fourth-order valence-electron chi connectivity index (χ4n) is 3.58. The Bertz CT molecular complexity index is 950. The van der Waals surface area contributed by atoms with Crippen molar-refractivity contribution in [1.82, 2.24) is 19.9 Å². The van der Waals surface area contributed by atoms with Crippen LogP contribution in [0.5, 0.6) is 5.75 Å². The number of amides is 1. The maximum absolute atomic E-state index is 12.5. The van der Waals surface area contributed by atoms with Crippen molar-refractivity contribution >= 4 is 11.6 Å². The van der Waals surface area contributed by atoms with Crippen LogP contribution in [0, 0.1) is 0 Å². The van der Waals surface area contributed by atoms with Crippen molar-refractivity contribution in [1.29, 1.82) is 0 Å². The van der Waals surface area contributed by atoms with Crippen LogP contribution in [0.15, 0.2) is 42.6 Å². The van der Waals surface area contributed by atoms with E-state index in [2.05, 4.69) is 27.6 Å². The van der Waals surface area contributed by atoms with Gasteiger partial charge in [-0.2, -0.15) is 0 Å². The summed E-state index contributed by atoms with van der Waals surface area (Å²) in [5.74, 6) is 1.52. The van der Waals surface area contributed by atoms with Gasteiger partial charge in [-0.05, 0) is 61.1 Å². The normalized spacial score (nSPS) is 14.1. The molecule has 0 bridgehead atoms. The van der Waals surface area contributed by atoms with Gasteiger partial charge in [-0.1, -0.05) is 19.1 Å². The quantitative estimate of drug-likeness (QED) is 0.700. The average Bonchev–Trinajstić information content (AvgIpc) is 3.32. The highest BCUT2D eigenvalue weighted by atomic mass is 16.5. The molecule has 1 unspecified atom stereocenters. The Morgan fingerprint density at radius 2 is 2.11 bits per heavy atom. The first-order valence-corrected chi connectivity index (χ1v) is 9.59. The lowest BCUT2D eigenvalue weighted by Crippen LogP contribution is -2.39. The monoisotopic (exact) mass is 364 g/mol. The van der Waals surface area contributed by atoms with E-state index >= 15 is 0 Å². The van der Waals surface area contributed by atoms with Crippen LogP contribution in [0.1, 0.15) is 36.7 Å². The number of ether oxygens (including phenoxy) is 1. The van der Waals surface area contributed by atoms with Gasteiger partial charge in [0.2, 0.25) is 0 Å². The van der Waals surface area contributed by atoms with Crippen LogP contribution in [0.25, 0.3) is 5.65 Å². The van der Waals surface area contributed by atoms with Crippen LogP contribution in [0.4, 0.5) is 0 Å². The van der Waals surface area contributed by atoms with Crippen molar-refractivity contribution < 1.29 is 9.53 Å². The molecule has 0 saturated carbocycles. The van der Waals surface area contributed by atoms with Crippen LogP contribution in [0.3, 0.4) is 0 Å². The van der Waals surface area contributed by atoms with Gasteiger partial charge in [-0.25, -0.2) is 0 Å². The fourth-order valence-corrected chi connectivity index (χ4v) is 3.58. The topological polar surface area (TPSA) is 68.5 Å². The van der Waals surface area contributed by atoms with Gasteiger partial charge in [0, 0.05) is 19.2 Å². The number of nitrogens with zero attached hydrogens (tertiary/aromatic N) is 3. The minimum atomic E-state index is -0.486. The van der Waals surface area contributed by atoms with Crippen LogP contribution in [0.2, 0.25) is 0 Å². The summed E-state index contributed by atoms with van der Waals surface area (Å²) in [7, 11) is 0. The van der Waals surface area contributed by atoms with Gasteiger partial charge in [-0.15, -0.1) is 10.2 Å². The van der Waals surface area contributed by atoms with E-state index in [9.17, 15) is 4.79 Å². The summed E-state index contributed by atoms with van der Waals surface area (Å²) in [6, 6.07) is 12.0. The van der Waals surface area contributed by atoms with E-state index in [1.807, 2.05) is 41.8 Å². The van der Waals surface area contributed by atoms with Crippen LogP contribution >= 0.6 is 0 Å². The zero-order chi connectivity index (χ0) is 18.6. The van der Waals surface area contributed by atoms with E-state index in [1.165, 1.54) is 17.5 Å². The molecule has 2 heterocycles. The predicted octanol–water partition coefficient (Wildman–Crippen LogP) is 2.73. The standard InChI is InChI=1S/C21H24N4O2/c1-2-18(27-17-10-9-15-6-5-7-16(15)14-17)21(26)22-12-11-20-24-23-19-8-3-4-13-25(19)20/h3-4,8-10,13-14,18H,2,5-7,11-12H2,1H3,(H,22,26). The van der Waals surface area contributed by atoms with E-state index < -0.39 is 6.10 Å². The Morgan fingerprint density at radius 3 is 3.00 bits per heavy atom. The number of carbonyl (C=O) groups excluding carboxylic acids is 1. The maximum atomic E-state index is 12.5. The summed E-state index contributed by atoms with van der Waals surface area (Å²) in [6.45, 7) is 2.46. The van der Waals surface area contributed by atoms with E-state index in [0.717, 1.165) is 30.1 Å². The van der Waals surface area contributed by atoms with Gasteiger partial charge in [0.05, 0.1) is 0 Å². The summed E-state index contributed by atoms with van der Waals surface area (Å²) in [4.78, 5) is 12.5. The number of hydrogen-bond acceptors (Lipinski definition) is 4. The third-order valence-electron chi connectivity index (χ3n) is 5.04. The maximum Gasteiger partial charge on any atom is 0.261 e. The van der Waals surface area contributed by atoms with Crippen LogP contribution in [-0.2, 0) is 24.1 Å². The molecule has 27 heavy (non-hydrogen) atoms. The number of pyridine rings is 1. The van der Waals surface area contributed by atoms with Crippen molar-refractivity contribution in [3.63, 3.8) is 0 Å². The minimum Gasteiger partial charge on any atom is -0.481 e. The summed E-state index contributed by atoms with van der Waals surface area (Å²) >= 11 is 0. The van der Waals surface area contributed by atoms with Crippen LogP contribution < -0.4 is 10.1 Å². The van der Waals surface area contributed by atoms with Gasteiger partial charge in [0.25, 0.3) is 5.91 Å². The van der Waals surface area contributed by atoms with E-state index in [-0.39, 0.29) is 5.91 Å². The number of aryl methyl sites for hydroxylation is 2. The highest BCUT2D eigenvalue weighted by molar-refractivity contribution is 5.81. The second kappa shape index (κ2) is 7.78. The van der Waals surface area contributed by atoms with Gasteiger partial charge >= 0.3 is 0 Å². The lowest BCUT2D eigenvalue weighted by atomic mass is 10.1. The zero-order valence-electron chi connectivity index (χ0n) is 15.5. The Labute approximate surface area is 158 Å². The highest BCUT2D eigenvalue weighted by Crippen LogP contribution is 2.26. The molecule has 0 aliphatic heterocycles. The molecule has 1 aliphatic carbocycles. The summed E-state index contributed by atoms with van der Waals surface area (Å²) in [5, 5.41) is 11.3. The largest absolute Gasteiger partial charge is 0.481 e. The van der Waals surface area contributed by atoms with E-state index in [4.69, 9.17) is 4.74 Å². The number of fused-ring (bicyclic) bond motifs is 2. The molecule has 2 aromatic heterocycles. The Kier molecular flexibility index (Phi) is 5.05. The molecule has 4 rings (SSSR count). The smallest absolute Gasteiger partial charge is 0.261 e. The molecule has 1 N–H and O–H groups in total. The second-order valence-corrected chi connectivity index (χ2v) is 6.88. The first-order chi connectivity index (χ1) is 13.2.